The van der Waals surface area contributed by atoms with E-state index < -0.39 is 0 Å². The van der Waals surface area contributed by atoms with Gasteiger partial charge in [0.2, 0.25) is 0 Å². The summed E-state index contributed by atoms with van der Waals surface area (Å²) in [6.07, 6.45) is 0. The molecule has 0 saturated heterocycles. The molecule has 0 aromatic carbocycles. The number of hydrogen-bond donors (Lipinski definition) is 2. The molecule has 0 aliphatic carbocycles. The Bertz CT molecular complexity index is 586. The molecule has 0 aliphatic heterocycles. The van der Waals surface area contributed by atoms with Gasteiger partial charge in [-0.05, 0) is 26.0 Å². The molecule has 0 amide bonds. The van der Waals surface area contributed by atoms with Crippen LogP contribution in [0.15, 0.2) is 21.6 Å². The highest BCUT2D eigenvalue weighted by Gasteiger charge is 2.09. The van der Waals surface area contributed by atoms with Gasteiger partial charge in [-0.2, -0.15) is 0 Å². The summed E-state index contributed by atoms with van der Waals surface area (Å²) in [6, 6.07) is 3.89. The minimum Gasteiger partial charge on any atom is -0.361 e. The first kappa shape index (κ1) is 14.9. The van der Waals surface area contributed by atoms with E-state index in [-0.39, 0.29) is 0 Å². The van der Waals surface area contributed by atoms with Crippen LogP contribution in [0.25, 0.3) is 0 Å². The topological polar surface area (TPSA) is 62.5 Å². The number of aryl methyl sites for hydroxylation is 2. The van der Waals surface area contributed by atoms with Crippen LogP contribution in [-0.4, -0.2) is 18.2 Å². The Morgan fingerprint density at radius 3 is 2.65 bits per heavy atom. The van der Waals surface area contributed by atoms with Crippen molar-refractivity contribution in [3.63, 3.8) is 0 Å². The summed E-state index contributed by atoms with van der Waals surface area (Å²) in [7, 11) is 1.74. The van der Waals surface area contributed by atoms with Crippen molar-refractivity contribution in [2.45, 2.75) is 26.9 Å². The summed E-state index contributed by atoms with van der Waals surface area (Å²) in [6.45, 7) is 5.16. The maximum Gasteiger partial charge on any atom is 0.191 e. The average Bonchev–Trinajstić information content (AvgIpc) is 2.98. The summed E-state index contributed by atoms with van der Waals surface area (Å²) in [5, 5.41) is 10.4. The number of halogens is 1. The number of thiophene rings is 1. The third kappa shape index (κ3) is 3.74. The van der Waals surface area contributed by atoms with E-state index in [9.17, 15) is 0 Å². The van der Waals surface area contributed by atoms with Crippen LogP contribution in [0.5, 0.6) is 0 Å². The normalized spacial score (nSPS) is 11.7. The smallest absolute Gasteiger partial charge is 0.191 e. The van der Waals surface area contributed by atoms with E-state index in [0.29, 0.717) is 13.1 Å². The molecule has 0 spiro atoms. The van der Waals surface area contributed by atoms with E-state index in [1.807, 2.05) is 26.0 Å². The third-order valence-electron chi connectivity index (χ3n) is 2.90. The first-order valence-electron chi connectivity index (χ1n) is 6.20. The summed E-state index contributed by atoms with van der Waals surface area (Å²) in [4.78, 5) is 5.35. The first-order chi connectivity index (χ1) is 9.60. The van der Waals surface area contributed by atoms with Gasteiger partial charge in [-0.1, -0.05) is 16.8 Å². The first-order valence-corrected chi connectivity index (χ1v) is 7.40. The van der Waals surface area contributed by atoms with Crippen LogP contribution in [0.3, 0.4) is 0 Å². The zero-order valence-electron chi connectivity index (χ0n) is 11.7. The predicted octanol–water partition coefficient (Wildman–Crippen LogP) is 2.87. The van der Waals surface area contributed by atoms with Crippen LogP contribution >= 0.6 is 22.9 Å². The summed E-state index contributed by atoms with van der Waals surface area (Å²) < 4.78 is 5.92. The number of nitrogens with zero attached hydrogens (tertiary/aromatic N) is 2. The maximum atomic E-state index is 5.90. The number of aliphatic imine (C=N–C) groups is 1. The summed E-state index contributed by atoms with van der Waals surface area (Å²) >= 11 is 7.46. The van der Waals surface area contributed by atoms with E-state index in [1.165, 1.54) is 0 Å². The van der Waals surface area contributed by atoms with E-state index in [2.05, 4.69) is 20.8 Å². The lowest BCUT2D eigenvalue weighted by molar-refractivity contribution is 0.392. The van der Waals surface area contributed by atoms with Crippen LogP contribution < -0.4 is 10.6 Å². The molecule has 108 valence electrons. The second-order valence-electron chi connectivity index (χ2n) is 4.29. The molecule has 0 radical (unpaired) electrons. The van der Waals surface area contributed by atoms with Crippen LogP contribution in [0.4, 0.5) is 0 Å². The van der Waals surface area contributed by atoms with Crippen molar-refractivity contribution in [3.8, 4) is 0 Å². The van der Waals surface area contributed by atoms with Gasteiger partial charge in [0.1, 0.15) is 5.76 Å². The molecular formula is C13H17ClN4OS. The van der Waals surface area contributed by atoms with Gasteiger partial charge in [0, 0.05) is 24.0 Å². The number of rotatable bonds is 4. The van der Waals surface area contributed by atoms with E-state index >= 15 is 0 Å². The summed E-state index contributed by atoms with van der Waals surface area (Å²) in [5.41, 5.74) is 1.96. The number of guanidine groups is 1. The Kier molecular flexibility index (Phi) is 5.03. The van der Waals surface area contributed by atoms with Gasteiger partial charge in [-0.25, -0.2) is 0 Å². The summed E-state index contributed by atoms with van der Waals surface area (Å²) in [5.74, 6) is 1.56. The fourth-order valence-corrected chi connectivity index (χ4v) is 2.79. The Labute approximate surface area is 127 Å². The van der Waals surface area contributed by atoms with E-state index in [0.717, 1.165) is 32.2 Å². The van der Waals surface area contributed by atoms with Gasteiger partial charge in [-0.3, -0.25) is 4.99 Å². The molecule has 0 bridgehead atoms. The monoisotopic (exact) mass is 312 g/mol. The van der Waals surface area contributed by atoms with Gasteiger partial charge in [-0.15, -0.1) is 11.3 Å². The van der Waals surface area contributed by atoms with E-state index in [4.69, 9.17) is 16.1 Å². The Morgan fingerprint density at radius 1 is 1.35 bits per heavy atom. The second-order valence-corrected chi connectivity index (χ2v) is 6.09. The van der Waals surface area contributed by atoms with Crippen molar-refractivity contribution in [2.75, 3.05) is 7.05 Å². The van der Waals surface area contributed by atoms with E-state index in [1.54, 1.807) is 18.4 Å². The van der Waals surface area contributed by atoms with Crippen molar-refractivity contribution in [1.82, 2.24) is 15.8 Å². The zero-order valence-corrected chi connectivity index (χ0v) is 13.2. The number of hydrogen-bond acceptors (Lipinski definition) is 4. The molecule has 2 heterocycles. The van der Waals surface area contributed by atoms with Crippen LogP contribution in [0.1, 0.15) is 21.9 Å². The molecule has 7 heteroatoms. The van der Waals surface area contributed by atoms with Crippen LogP contribution in [0, 0.1) is 13.8 Å². The van der Waals surface area contributed by atoms with Crippen LogP contribution in [0.2, 0.25) is 4.34 Å². The predicted molar refractivity (Wildman–Crippen MR) is 82.3 cm³/mol. The van der Waals surface area contributed by atoms with Crippen molar-refractivity contribution in [3.05, 3.63) is 38.4 Å². The zero-order chi connectivity index (χ0) is 14.5. The second kappa shape index (κ2) is 6.76. The highest BCUT2D eigenvalue weighted by Crippen LogP contribution is 2.20. The molecule has 0 saturated carbocycles. The van der Waals surface area contributed by atoms with Gasteiger partial charge in [0.05, 0.1) is 16.6 Å². The van der Waals surface area contributed by atoms with Gasteiger partial charge < -0.3 is 15.2 Å². The van der Waals surface area contributed by atoms with Crippen molar-refractivity contribution < 1.29 is 4.52 Å². The Morgan fingerprint density at radius 2 is 2.10 bits per heavy atom. The lowest BCUT2D eigenvalue weighted by Gasteiger charge is -2.10. The van der Waals surface area contributed by atoms with Crippen molar-refractivity contribution in [1.29, 1.82) is 0 Å². The lowest BCUT2D eigenvalue weighted by Crippen LogP contribution is -2.36. The molecule has 0 fully saturated rings. The largest absolute Gasteiger partial charge is 0.361 e. The molecule has 2 rings (SSSR count). The third-order valence-corrected chi connectivity index (χ3v) is 4.13. The van der Waals surface area contributed by atoms with Crippen molar-refractivity contribution >= 4 is 28.9 Å². The average molecular weight is 313 g/mol. The molecule has 0 aliphatic rings. The van der Waals surface area contributed by atoms with Gasteiger partial charge >= 0.3 is 0 Å². The molecule has 2 aromatic heterocycles. The SMILES string of the molecule is CN=C(NCc1ccc(Cl)s1)NCc1c(C)noc1C. The maximum absolute atomic E-state index is 5.90. The molecular weight excluding hydrogens is 296 g/mol. The molecule has 0 atom stereocenters. The fraction of sp³-hybridized carbons (Fsp3) is 0.385. The molecule has 20 heavy (non-hydrogen) atoms. The quantitative estimate of drug-likeness (QED) is 0.673. The lowest BCUT2D eigenvalue weighted by atomic mass is 10.2. The van der Waals surface area contributed by atoms with Gasteiger partial charge in [0.15, 0.2) is 5.96 Å². The fourth-order valence-electron chi connectivity index (χ4n) is 1.76. The highest BCUT2D eigenvalue weighted by atomic mass is 35.5. The standard InChI is InChI=1S/C13H17ClN4OS/c1-8-11(9(2)19-18-8)7-17-13(15-3)16-6-10-4-5-12(14)20-10/h4-5H,6-7H2,1-3H3,(H2,15,16,17). The molecule has 2 aromatic rings. The molecule has 0 unspecified atom stereocenters. The van der Waals surface area contributed by atoms with Crippen LogP contribution in [-0.2, 0) is 13.1 Å². The highest BCUT2D eigenvalue weighted by molar-refractivity contribution is 7.16. The minimum absolute atomic E-state index is 0.631. The number of aromatic nitrogens is 1. The molecule has 2 N–H and O–H groups in total. The molecule has 5 nitrogen and oxygen atoms in total. The van der Waals surface area contributed by atoms with Gasteiger partial charge in [0.25, 0.3) is 0 Å². The number of nitrogens with one attached hydrogen (secondary N) is 2. The van der Waals surface area contributed by atoms with Crippen molar-refractivity contribution in [2.24, 2.45) is 4.99 Å². The Hall–Kier alpha value is -1.53. The minimum atomic E-state index is 0.631. The Balaban J connectivity index is 1.87.